The molecule has 0 aliphatic carbocycles. The summed E-state index contributed by atoms with van der Waals surface area (Å²) in [6.07, 6.45) is 3.47. The van der Waals surface area contributed by atoms with Gasteiger partial charge in [0.05, 0.1) is 17.1 Å². The van der Waals surface area contributed by atoms with E-state index in [-0.39, 0.29) is 0 Å². The summed E-state index contributed by atoms with van der Waals surface area (Å²) in [7, 11) is 0. The number of fused-ring (bicyclic) bond motifs is 1. The lowest BCUT2D eigenvalue weighted by Gasteiger charge is -2.15. The predicted octanol–water partition coefficient (Wildman–Crippen LogP) is 4.43. The van der Waals surface area contributed by atoms with E-state index in [2.05, 4.69) is 10.2 Å². The molecule has 122 valence electrons. The van der Waals surface area contributed by atoms with Crippen molar-refractivity contribution < 1.29 is 4.79 Å². The highest BCUT2D eigenvalue weighted by molar-refractivity contribution is 7.22. The van der Waals surface area contributed by atoms with Crippen molar-refractivity contribution in [2.45, 2.75) is 6.92 Å². The summed E-state index contributed by atoms with van der Waals surface area (Å²) in [5.74, 6) is -0.430. The van der Waals surface area contributed by atoms with Crippen molar-refractivity contribution >= 4 is 27.3 Å². The molecule has 0 aliphatic rings. The van der Waals surface area contributed by atoms with Gasteiger partial charge in [0, 0.05) is 21.4 Å². The van der Waals surface area contributed by atoms with E-state index < -0.39 is 5.91 Å². The first kappa shape index (κ1) is 15.5. The second kappa shape index (κ2) is 6.11. The molecule has 2 heterocycles. The summed E-state index contributed by atoms with van der Waals surface area (Å²) in [6.45, 7) is 2.05. The Morgan fingerprint density at radius 1 is 1.00 bits per heavy atom. The third-order valence-corrected chi connectivity index (χ3v) is 5.32. The molecule has 0 fully saturated rings. The Morgan fingerprint density at radius 2 is 1.76 bits per heavy atom. The van der Waals surface area contributed by atoms with Crippen molar-refractivity contribution in [2.75, 3.05) is 0 Å². The molecule has 0 radical (unpaired) electrons. The molecule has 0 spiro atoms. The molecule has 2 aromatic heterocycles. The summed E-state index contributed by atoms with van der Waals surface area (Å²) < 4.78 is 1.03. The Hall–Kier alpha value is -3.05. The first-order valence-corrected chi connectivity index (χ1v) is 8.66. The maximum absolute atomic E-state index is 12.1. The summed E-state index contributed by atoms with van der Waals surface area (Å²) in [5.41, 5.74) is 10.3. The van der Waals surface area contributed by atoms with E-state index in [1.807, 2.05) is 49.4 Å². The number of aromatic nitrogens is 2. The van der Waals surface area contributed by atoms with Gasteiger partial charge in [-0.3, -0.25) is 4.79 Å². The fourth-order valence-corrected chi connectivity index (χ4v) is 4.14. The van der Waals surface area contributed by atoms with E-state index in [1.54, 1.807) is 29.8 Å². The molecule has 0 unspecified atom stereocenters. The van der Waals surface area contributed by atoms with E-state index in [4.69, 9.17) is 5.73 Å². The highest BCUT2D eigenvalue weighted by atomic mass is 32.1. The molecule has 2 N–H and O–H groups in total. The van der Waals surface area contributed by atoms with Crippen LogP contribution < -0.4 is 5.73 Å². The normalized spacial score (nSPS) is 10.9. The Bertz CT molecular complexity index is 1050. The topological polar surface area (TPSA) is 68.9 Å². The number of amides is 1. The smallest absolute Gasteiger partial charge is 0.249 e. The van der Waals surface area contributed by atoms with Crippen LogP contribution in [0.4, 0.5) is 0 Å². The van der Waals surface area contributed by atoms with Crippen LogP contribution in [0.15, 0.2) is 60.9 Å². The van der Waals surface area contributed by atoms with Crippen molar-refractivity contribution in [3.8, 4) is 21.6 Å². The van der Waals surface area contributed by atoms with Crippen LogP contribution in [-0.2, 0) is 0 Å². The van der Waals surface area contributed by atoms with Gasteiger partial charge in [-0.25, -0.2) is 0 Å². The average Bonchev–Trinajstić information content (AvgIpc) is 3.05. The average molecular weight is 345 g/mol. The fraction of sp³-hybridized carbons (Fsp3) is 0.0500. The predicted molar refractivity (Wildman–Crippen MR) is 102 cm³/mol. The minimum atomic E-state index is -0.430. The van der Waals surface area contributed by atoms with Crippen molar-refractivity contribution in [3.63, 3.8) is 0 Å². The molecular formula is C20H15N3OS. The van der Waals surface area contributed by atoms with E-state index in [0.717, 1.165) is 37.2 Å². The number of primary amides is 1. The molecule has 1 amide bonds. The Labute approximate surface area is 149 Å². The van der Waals surface area contributed by atoms with Crippen molar-refractivity contribution in [3.05, 3.63) is 72.1 Å². The third kappa shape index (κ3) is 2.68. The number of thiophene rings is 1. The van der Waals surface area contributed by atoms with Gasteiger partial charge in [0.2, 0.25) is 5.91 Å². The lowest BCUT2D eigenvalue weighted by Crippen LogP contribution is -2.13. The molecule has 0 aliphatic heterocycles. The number of rotatable bonds is 3. The first-order valence-electron chi connectivity index (χ1n) is 7.84. The molecule has 25 heavy (non-hydrogen) atoms. The van der Waals surface area contributed by atoms with Crippen LogP contribution in [0.1, 0.15) is 15.9 Å². The van der Waals surface area contributed by atoms with Crippen LogP contribution in [0, 0.1) is 6.92 Å². The number of nitrogens with zero attached hydrogens (tertiary/aromatic N) is 2. The zero-order valence-corrected chi connectivity index (χ0v) is 14.4. The molecule has 0 saturated carbocycles. The van der Waals surface area contributed by atoms with Gasteiger partial charge < -0.3 is 5.73 Å². The van der Waals surface area contributed by atoms with Gasteiger partial charge >= 0.3 is 0 Å². The number of nitrogens with two attached hydrogens (primary N) is 1. The van der Waals surface area contributed by atoms with Crippen LogP contribution in [0.25, 0.3) is 31.7 Å². The van der Waals surface area contributed by atoms with Crippen LogP contribution in [0.3, 0.4) is 0 Å². The zero-order chi connectivity index (χ0) is 17.4. The molecule has 4 rings (SSSR count). The van der Waals surface area contributed by atoms with Crippen LogP contribution >= 0.6 is 11.3 Å². The van der Waals surface area contributed by atoms with Crippen LogP contribution in [-0.4, -0.2) is 16.1 Å². The molecule has 0 atom stereocenters. The summed E-state index contributed by atoms with van der Waals surface area (Å²) in [4.78, 5) is 13.1. The minimum absolute atomic E-state index is 0.430. The molecule has 4 nitrogen and oxygen atoms in total. The lowest BCUT2D eigenvalue weighted by molar-refractivity contribution is 0.100. The molecule has 0 saturated heterocycles. The summed E-state index contributed by atoms with van der Waals surface area (Å²) in [5, 5.41) is 8.89. The molecule has 4 aromatic rings. The van der Waals surface area contributed by atoms with E-state index in [1.165, 1.54) is 0 Å². The number of aryl methyl sites for hydroxylation is 1. The molecule has 2 aromatic carbocycles. The van der Waals surface area contributed by atoms with Crippen LogP contribution in [0.2, 0.25) is 0 Å². The lowest BCUT2D eigenvalue weighted by atomic mass is 9.90. The minimum Gasteiger partial charge on any atom is -0.366 e. The summed E-state index contributed by atoms with van der Waals surface area (Å²) in [6, 6.07) is 15.9. The maximum Gasteiger partial charge on any atom is 0.249 e. The van der Waals surface area contributed by atoms with E-state index in [0.29, 0.717) is 5.56 Å². The Morgan fingerprint density at radius 3 is 2.48 bits per heavy atom. The van der Waals surface area contributed by atoms with Crippen molar-refractivity contribution in [1.82, 2.24) is 10.2 Å². The van der Waals surface area contributed by atoms with E-state index >= 15 is 0 Å². The fourth-order valence-electron chi connectivity index (χ4n) is 3.07. The summed E-state index contributed by atoms with van der Waals surface area (Å²) >= 11 is 1.59. The monoisotopic (exact) mass is 345 g/mol. The maximum atomic E-state index is 12.1. The highest BCUT2D eigenvalue weighted by Crippen LogP contribution is 2.42. The molecule has 0 bridgehead atoms. The second-order valence-corrected chi connectivity index (χ2v) is 6.91. The van der Waals surface area contributed by atoms with Crippen LogP contribution in [0.5, 0.6) is 0 Å². The standard InChI is InChI=1S/C20H15N3OS/c1-12-7-8-15(20(21)24)19(18(12)13-5-3-2-4-6-13)16-9-14-10-22-23-11-17(14)25-16/h2-11H,1H3,(H2,21,24). The number of benzene rings is 2. The van der Waals surface area contributed by atoms with Crippen molar-refractivity contribution in [1.29, 1.82) is 0 Å². The van der Waals surface area contributed by atoms with Gasteiger partial charge in [-0.1, -0.05) is 36.4 Å². The quantitative estimate of drug-likeness (QED) is 0.597. The Kier molecular flexibility index (Phi) is 3.78. The van der Waals surface area contributed by atoms with Crippen molar-refractivity contribution in [2.24, 2.45) is 5.73 Å². The SMILES string of the molecule is Cc1ccc(C(N)=O)c(-c2cc3cnncc3s2)c1-c1ccccc1. The van der Waals surface area contributed by atoms with Gasteiger partial charge in [0.25, 0.3) is 0 Å². The molecular weight excluding hydrogens is 330 g/mol. The zero-order valence-electron chi connectivity index (χ0n) is 13.6. The van der Waals surface area contributed by atoms with Gasteiger partial charge in [-0.15, -0.1) is 11.3 Å². The highest BCUT2D eigenvalue weighted by Gasteiger charge is 2.19. The number of carbonyl (C=O) groups is 1. The number of carbonyl (C=O) groups excluding carboxylic acids is 1. The number of hydrogen-bond acceptors (Lipinski definition) is 4. The third-order valence-electron chi connectivity index (χ3n) is 4.22. The largest absolute Gasteiger partial charge is 0.366 e. The van der Waals surface area contributed by atoms with Gasteiger partial charge in [-0.2, -0.15) is 10.2 Å². The Balaban J connectivity index is 2.08. The second-order valence-electron chi connectivity index (χ2n) is 5.83. The number of hydrogen-bond donors (Lipinski definition) is 1. The van der Waals surface area contributed by atoms with Gasteiger partial charge in [0.15, 0.2) is 0 Å². The van der Waals surface area contributed by atoms with E-state index in [9.17, 15) is 4.79 Å². The van der Waals surface area contributed by atoms with Gasteiger partial charge in [-0.05, 0) is 35.7 Å². The first-order chi connectivity index (χ1) is 12.1. The molecule has 5 heteroatoms. The van der Waals surface area contributed by atoms with Gasteiger partial charge in [0.1, 0.15) is 0 Å².